The summed E-state index contributed by atoms with van der Waals surface area (Å²) in [6.07, 6.45) is 13.8. The maximum Gasteiger partial charge on any atom is 0.330 e. The lowest BCUT2D eigenvalue weighted by molar-refractivity contribution is -0.202. The number of carbonyl (C=O) groups excluding carboxylic acids is 3. The van der Waals surface area contributed by atoms with Crippen LogP contribution < -0.4 is 5.32 Å². The molecule has 0 saturated heterocycles. The number of benzene rings is 1. The normalized spacial score (nSPS) is 35.6. The number of hydrogen-bond acceptors (Lipinski definition) is 7. The van der Waals surface area contributed by atoms with Gasteiger partial charge < -0.3 is 25.4 Å². The highest BCUT2D eigenvalue weighted by atomic mass is 16.5. The first kappa shape index (κ1) is 38.5. The van der Waals surface area contributed by atoms with Gasteiger partial charge in [-0.3, -0.25) is 14.4 Å². The van der Waals surface area contributed by atoms with Crippen LogP contribution in [0.4, 0.5) is 5.69 Å². The molecule has 6 rings (SSSR count). The molecule has 0 aliphatic heterocycles. The van der Waals surface area contributed by atoms with Crippen LogP contribution in [0.25, 0.3) is 6.08 Å². The van der Waals surface area contributed by atoms with Crippen LogP contribution in [0.1, 0.15) is 111 Å². The van der Waals surface area contributed by atoms with Gasteiger partial charge in [-0.2, -0.15) is 0 Å². The number of Topliss-reactive ketones (excluding diaryl/α,β-unsaturated/α-hetero) is 1. The summed E-state index contributed by atoms with van der Waals surface area (Å²) in [5.41, 5.74) is -0.670. The molecule has 1 amide bonds. The van der Waals surface area contributed by atoms with Crippen LogP contribution in [0.5, 0.6) is 5.75 Å². The number of amides is 1. The number of phenolic OH excluding ortho intramolecular Hbond substituents is 1. The molecule has 7 unspecified atom stereocenters. The molecule has 0 aromatic heterocycles. The molecule has 5 aliphatic rings. The summed E-state index contributed by atoms with van der Waals surface area (Å²) in [5.74, 6) is -2.84. The molecule has 5 aliphatic carbocycles. The first-order valence-electron chi connectivity index (χ1n) is 19.1. The number of ketones is 1. The third-order valence-corrected chi connectivity index (χ3v) is 15.0. The highest BCUT2D eigenvalue weighted by Crippen LogP contribution is 2.75. The van der Waals surface area contributed by atoms with Crippen molar-refractivity contribution < 1.29 is 44.0 Å². The number of nitrogens with one attached hydrogen (secondary N) is 1. The second kappa shape index (κ2) is 13.3. The Kier molecular flexibility index (Phi) is 9.64. The fraction of sp³-hybridized carbons (Fsp3) is 0.605. The molecule has 4 saturated carbocycles. The van der Waals surface area contributed by atoms with Crippen LogP contribution in [0.3, 0.4) is 0 Å². The van der Waals surface area contributed by atoms with Crippen molar-refractivity contribution >= 4 is 41.4 Å². The third kappa shape index (κ3) is 6.33. The Morgan fingerprint density at radius 2 is 1.62 bits per heavy atom. The van der Waals surface area contributed by atoms with E-state index in [4.69, 9.17) is 9.84 Å². The van der Waals surface area contributed by atoms with Gasteiger partial charge in [0.05, 0.1) is 5.41 Å². The predicted octanol–water partition coefficient (Wildman–Crippen LogP) is 7.96. The molecule has 4 fully saturated rings. The monoisotopic (exact) mass is 729 g/mol. The van der Waals surface area contributed by atoms with E-state index in [1.807, 2.05) is 0 Å². The molecule has 4 N–H and O–H groups in total. The summed E-state index contributed by atoms with van der Waals surface area (Å²) < 4.78 is 6.25. The lowest BCUT2D eigenvalue weighted by Crippen LogP contribution is -2.66. The minimum absolute atomic E-state index is 0.0418. The Morgan fingerprint density at radius 3 is 2.32 bits per heavy atom. The summed E-state index contributed by atoms with van der Waals surface area (Å²) in [6, 6.07) is 4.19. The van der Waals surface area contributed by atoms with E-state index < -0.39 is 40.1 Å². The molecular weight excluding hydrogens is 674 g/mol. The molecule has 0 radical (unpaired) electrons. The van der Waals surface area contributed by atoms with E-state index in [0.717, 1.165) is 50.2 Å². The van der Waals surface area contributed by atoms with Gasteiger partial charge in [0.15, 0.2) is 0 Å². The first-order chi connectivity index (χ1) is 24.7. The van der Waals surface area contributed by atoms with Crippen molar-refractivity contribution in [2.75, 3.05) is 11.9 Å². The van der Waals surface area contributed by atoms with Gasteiger partial charge in [0, 0.05) is 46.7 Å². The average Bonchev–Trinajstić information content (AvgIpc) is 3.08. The number of anilines is 1. The third-order valence-electron chi connectivity index (χ3n) is 15.0. The lowest BCUT2D eigenvalue weighted by atomic mass is 9.33. The molecule has 7 atom stereocenters. The zero-order chi connectivity index (χ0) is 38.8. The van der Waals surface area contributed by atoms with Gasteiger partial charge in [0.25, 0.3) is 0 Å². The number of rotatable bonds is 8. The number of carboxylic acid groups (broad SMARTS) is 2. The molecule has 10 nitrogen and oxygen atoms in total. The second-order valence-corrected chi connectivity index (χ2v) is 18.4. The minimum Gasteiger partial charge on any atom is -0.508 e. The van der Waals surface area contributed by atoms with Crippen LogP contribution in [-0.2, 0) is 28.7 Å². The summed E-state index contributed by atoms with van der Waals surface area (Å²) >= 11 is 0. The Hall–Kier alpha value is -4.21. The van der Waals surface area contributed by atoms with Crippen LogP contribution in [0, 0.1) is 50.2 Å². The number of aliphatic carboxylic acids is 2. The summed E-state index contributed by atoms with van der Waals surface area (Å²) in [6.45, 7) is 13.5. The van der Waals surface area contributed by atoms with E-state index in [9.17, 15) is 34.2 Å². The van der Waals surface area contributed by atoms with E-state index in [1.54, 1.807) is 0 Å². The van der Waals surface area contributed by atoms with E-state index >= 15 is 0 Å². The Labute approximate surface area is 312 Å². The second-order valence-electron chi connectivity index (χ2n) is 18.4. The van der Waals surface area contributed by atoms with E-state index in [2.05, 4.69) is 52.9 Å². The SMILES string of the molecule is CC1(C)CCC2(C(=O)O)CCC3(COC(=O)C=Cc4cc(O)ccc4NC(=O)C=CC(=O)O)C(=CCC4C5(C)CCC(=O)C(C)(C)C5CCC43C)C2C1. The Bertz CT molecular complexity index is 1820. The molecule has 1 aromatic rings. The first-order valence-corrected chi connectivity index (χ1v) is 19.1. The number of carboxylic acids is 2. The van der Waals surface area contributed by atoms with Gasteiger partial charge in [-0.05, 0) is 116 Å². The number of ether oxygens (including phenoxy) is 1. The van der Waals surface area contributed by atoms with Crippen molar-refractivity contribution in [1.29, 1.82) is 0 Å². The van der Waals surface area contributed by atoms with Crippen molar-refractivity contribution in [2.45, 2.75) is 106 Å². The standard InChI is InChI=1S/C43H55NO9/c1-38(2)19-20-42(37(51)52)21-22-43(25-53-36(50)14-7-26-23-27(45)8-10-30(26)44-34(47)12-13-35(48)49)28(29(42)24-38)9-11-32-40(5)17-16-33(46)39(3,4)31(40)15-18-41(32,43)6/h7-10,12-14,23,29,31-32,45H,11,15-22,24-25H2,1-6H3,(H,44,47)(H,48,49)(H,51,52). The molecule has 286 valence electrons. The maximum atomic E-state index is 13.7. The average molecular weight is 730 g/mol. The molecule has 0 heterocycles. The fourth-order valence-corrected chi connectivity index (χ4v) is 12.1. The number of fused-ring (bicyclic) bond motifs is 7. The van der Waals surface area contributed by atoms with Crippen molar-refractivity contribution in [3.63, 3.8) is 0 Å². The van der Waals surface area contributed by atoms with Crippen LogP contribution >= 0.6 is 0 Å². The summed E-state index contributed by atoms with van der Waals surface area (Å²) in [4.78, 5) is 63.4. The quantitative estimate of drug-likeness (QED) is 0.0898. The van der Waals surface area contributed by atoms with Gasteiger partial charge in [0.2, 0.25) is 5.91 Å². The lowest BCUT2D eigenvalue weighted by Gasteiger charge is -2.70. The van der Waals surface area contributed by atoms with Gasteiger partial charge in [-0.15, -0.1) is 0 Å². The zero-order valence-electron chi connectivity index (χ0n) is 31.9. The van der Waals surface area contributed by atoms with E-state index in [-0.39, 0.29) is 52.0 Å². The van der Waals surface area contributed by atoms with Crippen molar-refractivity contribution in [1.82, 2.24) is 0 Å². The van der Waals surface area contributed by atoms with Crippen molar-refractivity contribution in [3.05, 3.63) is 53.6 Å². The zero-order valence-corrected chi connectivity index (χ0v) is 31.9. The van der Waals surface area contributed by atoms with Crippen LogP contribution in [0.15, 0.2) is 48.1 Å². The topological polar surface area (TPSA) is 167 Å². The minimum atomic E-state index is -1.28. The molecule has 53 heavy (non-hydrogen) atoms. The smallest absolute Gasteiger partial charge is 0.330 e. The van der Waals surface area contributed by atoms with Gasteiger partial charge in [0.1, 0.15) is 18.1 Å². The van der Waals surface area contributed by atoms with Crippen molar-refractivity contribution in [2.24, 2.45) is 50.2 Å². The maximum absolute atomic E-state index is 13.7. The van der Waals surface area contributed by atoms with Gasteiger partial charge in [-0.25, -0.2) is 9.59 Å². The number of phenols is 1. The van der Waals surface area contributed by atoms with Crippen molar-refractivity contribution in [3.8, 4) is 5.75 Å². The molecular formula is C43H55NO9. The van der Waals surface area contributed by atoms with Crippen LogP contribution in [0.2, 0.25) is 0 Å². The number of carbonyl (C=O) groups is 5. The number of esters is 1. The van der Waals surface area contributed by atoms with E-state index in [0.29, 0.717) is 43.1 Å². The predicted molar refractivity (Wildman–Crippen MR) is 200 cm³/mol. The van der Waals surface area contributed by atoms with Crippen LogP contribution in [-0.4, -0.2) is 51.5 Å². The Balaban J connectivity index is 1.36. The van der Waals surface area contributed by atoms with E-state index in [1.165, 1.54) is 30.4 Å². The summed E-state index contributed by atoms with van der Waals surface area (Å²) in [7, 11) is 0. The van der Waals surface area contributed by atoms with Gasteiger partial charge in [-0.1, -0.05) is 53.2 Å². The van der Waals surface area contributed by atoms with Gasteiger partial charge >= 0.3 is 17.9 Å². The summed E-state index contributed by atoms with van der Waals surface area (Å²) in [5, 5.41) is 32.5. The number of hydrogen-bond donors (Lipinski definition) is 4. The number of aromatic hydroxyl groups is 1. The molecule has 0 spiro atoms. The molecule has 1 aromatic carbocycles. The number of allylic oxidation sites excluding steroid dienone is 1. The largest absolute Gasteiger partial charge is 0.508 e. The Morgan fingerprint density at radius 1 is 0.906 bits per heavy atom. The molecule has 10 heteroatoms. The highest BCUT2D eigenvalue weighted by molar-refractivity contribution is 6.03. The molecule has 0 bridgehead atoms. The highest BCUT2D eigenvalue weighted by Gasteiger charge is 2.71. The fourth-order valence-electron chi connectivity index (χ4n) is 12.1.